The van der Waals surface area contributed by atoms with Crippen molar-refractivity contribution in [3.8, 4) is 0 Å². The number of benzene rings is 1. The Morgan fingerprint density at radius 3 is 2.83 bits per heavy atom. The number of nitrogens with zero attached hydrogens (tertiary/aromatic N) is 2. The normalized spacial score (nSPS) is 20.1. The monoisotopic (exact) mass is 266 g/mol. The molecule has 4 heteroatoms. The highest BCUT2D eigenvalue weighted by molar-refractivity contribution is 6.31. The lowest BCUT2D eigenvalue weighted by Gasteiger charge is -2.26. The minimum absolute atomic E-state index is 0.0104. The fourth-order valence-electron chi connectivity index (χ4n) is 2.44. The fourth-order valence-corrected chi connectivity index (χ4v) is 2.63. The van der Waals surface area contributed by atoms with Crippen LogP contribution >= 0.6 is 11.6 Å². The van der Waals surface area contributed by atoms with E-state index in [0.717, 1.165) is 36.5 Å². The Labute approximate surface area is 113 Å². The predicted molar refractivity (Wildman–Crippen MR) is 73.6 cm³/mol. The van der Waals surface area contributed by atoms with Crippen LogP contribution in [-0.2, 0) is 11.3 Å². The van der Waals surface area contributed by atoms with Crippen molar-refractivity contribution in [2.75, 3.05) is 20.6 Å². The number of hydrogen-bond acceptors (Lipinski definition) is 2. The molecule has 1 heterocycles. The second-order valence-electron chi connectivity index (χ2n) is 4.95. The number of rotatable bonds is 3. The molecule has 1 aromatic rings. The van der Waals surface area contributed by atoms with E-state index in [0.29, 0.717) is 0 Å². The molecule has 1 aliphatic rings. The molecule has 0 saturated carbocycles. The summed E-state index contributed by atoms with van der Waals surface area (Å²) in [5, 5.41) is 0.778. The second kappa shape index (κ2) is 5.72. The number of carbonyl (C=O) groups is 1. The first-order chi connectivity index (χ1) is 8.59. The Morgan fingerprint density at radius 2 is 2.17 bits per heavy atom. The predicted octanol–water partition coefficient (Wildman–Crippen LogP) is 2.39. The Bertz CT molecular complexity index is 434. The van der Waals surface area contributed by atoms with E-state index in [9.17, 15) is 4.79 Å². The maximum atomic E-state index is 12.1. The Kier molecular flexibility index (Phi) is 4.25. The van der Waals surface area contributed by atoms with Crippen LogP contribution < -0.4 is 0 Å². The van der Waals surface area contributed by atoms with Crippen LogP contribution in [-0.4, -0.2) is 42.4 Å². The Hall–Kier alpha value is -1.06. The highest BCUT2D eigenvalue weighted by atomic mass is 35.5. The SMILES string of the molecule is CN(C)C(=O)[C@@H]1CCCN1Cc1ccccc1Cl. The highest BCUT2D eigenvalue weighted by Gasteiger charge is 2.31. The molecule has 1 aliphatic heterocycles. The average molecular weight is 267 g/mol. The van der Waals surface area contributed by atoms with Crippen molar-refractivity contribution in [3.63, 3.8) is 0 Å². The van der Waals surface area contributed by atoms with Gasteiger partial charge in [-0.05, 0) is 31.0 Å². The number of hydrogen-bond donors (Lipinski definition) is 0. The molecule has 0 bridgehead atoms. The van der Waals surface area contributed by atoms with Crippen LogP contribution in [0, 0.1) is 0 Å². The molecule has 1 amide bonds. The van der Waals surface area contributed by atoms with Gasteiger partial charge in [0.25, 0.3) is 0 Å². The molecule has 0 unspecified atom stereocenters. The van der Waals surface area contributed by atoms with Crippen molar-refractivity contribution < 1.29 is 4.79 Å². The van der Waals surface area contributed by atoms with E-state index < -0.39 is 0 Å². The third kappa shape index (κ3) is 2.85. The lowest BCUT2D eigenvalue weighted by Crippen LogP contribution is -2.42. The third-order valence-electron chi connectivity index (χ3n) is 3.42. The summed E-state index contributed by atoms with van der Waals surface area (Å²) in [4.78, 5) is 16.0. The molecular formula is C14H19ClN2O. The number of carbonyl (C=O) groups excluding carboxylic acids is 1. The number of likely N-dealkylation sites (tertiary alicyclic amines) is 1. The smallest absolute Gasteiger partial charge is 0.239 e. The molecular weight excluding hydrogens is 248 g/mol. The molecule has 1 saturated heterocycles. The summed E-state index contributed by atoms with van der Waals surface area (Å²) in [6.07, 6.45) is 2.02. The molecule has 2 rings (SSSR count). The van der Waals surface area contributed by atoms with Crippen LogP contribution in [0.15, 0.2) is 24.3 Å². The summed E-state index contributed by atoms with van der Waals surface area (Å²) in [6, 6.07) is 7.85. The standard InChI is InChI=1S/C14H19ClN2O/c1-16(2)14(18)13-8-5-9-17(13)10-11-6-3-4-7-12(11)15/h3-4,6-7,13H,5,8-10H2,1-2H3/t13-/m0/s1. The molecule has 0 radical (unpaired) electrons. The summed E-state index contributed by atoms with van der Waals surface area (Å²) in [5.41, 5.74) is 1.10. The van der Waals surface area contributed by atoms with Crippen molar-refractivity contribution >= 4 is 17.5 Å². The lowest BCUT2D eigenvalue weighted by atomic mass is 10.1. The first-order valence-corrected chi connectivity index (χ1v) is 6.66. The first kappa shape index (κ1) is 13.4. The quantitative estimate of drug-likeness (QED) is 0.839. The van der Waals surface area contributed by atoms with Gasteiger partial charge in [0.15, 0.2) is 0 Å². The van der Waals surface area contributed by atoms with E-state index in [1.54, 1.807) is 4.90 Å². The summed E-state index contributed by atoms with van der Waals surface area (Å²) in [7, 11) is 3.63. The van der Waals surface area contributed by atoms with Crippen LogP contribution in [0.2, 0.25) is 5.02 Å². The zero-order valence-electron chi connectivity index (χ0n) is 10.9. The Morgan fingerprint density at radius 1 is 1.44 bits per heavy atom. The number of likely N-dealkylation sites (N-methyl/N-ethyl adjacent to an activating group) is 1. The van der Waals surface area contributed by atoms with Gasteiger partial charge < -0.3 is 4.90 Å². The van der Waals surface area contributed by atoms with Crippen LogP contribution in [0.25, 0.3) is 0 Å². The average Bonchev–Trinajstić information content (AvgIpc) is 2.79. The third-order valence-corrected chi connectivity index (χ3v) is 3.79. The van der Waals surface area contributed by atoms with E-state index >= 15 is 0 Å². The van der Waals surface area contributed by atoms with Crippen LogP contribution in [0.5, 0.6) is 0 Å². The highest BCUT2D eigenvalue weighted by Crippen LogP contribution is 2.24. The van der Waals surface area contributed by atoms with Gasteiger partial charge in [-0.15, -0.1) is 0 Å². The van der Waals surface area contributed by atoms with Gasteiger partial charge in [0.05, 0.1) is 6.04 Å². The molecule has 1 atom stereocenters. The zero-order chi connectivity index (χ0) is 13.1. The van der Waals surface area contributed by atoms with Gasteiger partial charge in [0.1, 0.15) is 0 Å². The summed E-state index contributed by atoms with van der Waals surface area (Å²) in [6.45, 7) is 1.72. The van der Waals surface area contributed by atoms with Crippen LogP contribution in [0.4, 0.5) is 0 Å². The lowest BCUT2D eigenvalue weighted by molar-refractivity contribution is -0.133. The topological polar surface area (TPSA) is 23.6 Å². The Balaban J connectivity index is 2.09. The molecule has 1 aromatic carbocycles. The second-order valence-corrected chi connectivity index (χ2v) is 5.36. The van der Waals surface area contributed by atoms with Gasteiger partial charge >= 0.3 is 0 Å². The van der Waals surface area contributed by atoms with E-state index in [4.69, 9.17) is 11.6 Å². The number of halogens is 1. The molecule has 3 nitrogen and oxygen atoms in total. The van der Waals surface area contributed by atoms with Gasteiger partial charge in [-0.1, -0.05) is 29.8 Å². The van der Waals surface area contributed by atoms with Gasteiger partial charge in [-0.2, -0.15) is 0 Å². The van der Waals surface area contributed by atoms with E-state index in [2.05, 4.69) is 4.90 Å². The van der Waals surface area contributed by atoms with Crippen molar-refractivity contribution in [2.45, 2.75) is 25.4 Å². The minimum atomic E-state index is 0.0104. The zero-order valence-corrected chi connectivity index (χ0v) is 11.7. The first-order valence-electron chi connectivity index (χ1n) is 6.28. The van der Waals surface area contributed by atoms with Gasteiger partial charge in [0.2, 0.25) is 5.91 Å². The minimum Gasteiger partial charge on any atom is -0.347 e. The van der Waals surface area contributed by atoms with Crippen molar-refractivity contribution in [1.82, 2.24) is 9.80 Å². The summed E-state index contributed by atoms with van der Waals surface area (Å²) >= 11 is 6.17. The maximum Gasteiger partial charge on any atom is 0.239 e. The fraction of sp³-hybridized carbons (Fsp3) is 0.500. The maximum absolute atomic E-state index is 12.1. The molecule has 0 N–H and O–H groups in total. The molecule has 0 aromatic heterocycles. The van der Waals surface area contributed by atoms with E-state index in [-0.39, 0.29) is 11.9 Å². The van der Waals surface area contributed by atoms with Gasteiger partial charge in [-0.3, -0.25) is 9.69 Å². The molecule has 1 fully saturated rings. The van der Waals surface area contributed by atoms with Crippen LogP contribution in [0.3, 0.4) is 0 Å². The van der Waals surface area contributed by atoms with Crippen molar-refractivity contribution in [2.24, 2.45) is 0 Å². The summed E-state index contributed by atoms with van der Waals surface area (Å²) < 4.78 is 0. The molecule has 98 valence electrons. The largest absolute Gasteiger partial charge is 0.347 e. The number of amides is 1. The summed E-state index contributed by atoms with van der Waals surface area (Å²) in [5.74, 6) is 0.194. The van der Waals surface area contributed by atoms with Crippen molar-refractivity contribution in [1.29, 1.82) is 0 Å². The van der Waals surface area contributed by atoms with Gasteiger partial charge in [0, 0.05) is 25.7 Å². The van der Waals surface area contributed by atoms with E-state index in [1.807, 2.05) is 38.4 Å². The van der Waals surface area contributed by atoms with Crippen LogP contribution in [0.1, 0.15) is 18.4 Å². The van der Waals surface area contributed by atoms with E-state index in [1.165, 1.54) is 0 Å². The molecule has 0 spiro atoms. The molecule has 18 heavy (non-hydrogen) atoms. The van der Waals surface area contributed by atoms with Crippen molar-refractivity contribution in [3.05, 3.63) is 34.9 Å². The molecule has 0 aliphatic carbocycles. The van der Waals surface area contributed by atoms with Gasteiger partial charge in [-0.25, -0.2) is 0 Å².